The van der Waals surface area contributed by atoms with Crippen molar-refractivity contribution in [2.45, 2.75) is 38.3 Å². The van der Waals surface area contributed by atoms with Crippen molar-refractivity contribution in [3.05, 3.63) is 29.8 Å². The Hall–Kier alpha value is -2.32. The molecule has 160 valence electrons. The van der Waals surface area contributed by atoms with Crippen LogP contribution in [0.15, 0.2) is 24.3 Å². The Balaban J connectivity index is 0.00000300. The lowest BCUT2D eigenvalue weighted by Gasteiger charge is -2.45. The van der Waals surface area contributed by atoms with Crippen LogP contribution in [0.3, 0.4) is 0 Å². The van der Waals surface area contributed by atoms with Gasteiger partial charge in [0.2, 0.25) is 5.91 Å². The molecule has 0 spiro atoms. The number of benzene rings is 1. The molecule has 8 nitrogen and oxygen atoms in total. The molecule has 29 heavy (non-hydrogen) atoms. The Morgan fingerprint density at radius 3 is 2.48 bits per heavy atom. The number of hydrogen-bond donors (Lipinski definition) is 3. The van der Waals surface area contributed by atoms with Crippen LogP contribution in [0.4, 0.5) is 5.69 Å². The van der Waals surface area contributed by atoms with Gasteiger partial charge in [-0.05, 0) is 43.5 Å². The highest BCUT2D eigenvalue weighted by Crippen LogP contribution is 2.26. The Morgan fingerprint density at radius 2 is 1.93 bits per heavy atom. The molecule has 0 aromatic heterocycles. The van der Waals surface area contributed by atoms with Gasteiger partial charge in [0.1, 0.15) is 5.84 Å². The first kappa shape index (κ1) is 23.0. The third-order valence-corrected chi connectivity index (χ3v) is 5.86. The van der Waals surface area contributed by atoms with Crippen molar-refractivity contribution in [1.29, 1.82) is 5.41 Å². The van der Waals surface area contributed by atoms with Crippen LogP contribution in [0.1, 0.15) is 31.7 Å². The smallest absolute Gasteiger partial charge is 0.317 e. The zero-order valence-corrected chi connectivity index (χ0v) is 17.5. The van der Waals surface area contributed by atoms with Crippen molar-refractivity contribution in [3.63, 3.8) is 0 Å². The fourth-order valence-electron chi connectivity index (χ4n) is 4.31. The highest BCUT2D eigenvalue weighted by Gasteiger charge is 2.35. The number of anilines is 1. The lowest BCUT2D eigenvalue weighted by atomic mass is 9.93. The molecule has 4 N–H and O–H groups in total. The summed E-state index contributed by atoms with van der Waals surface area (Å²) in [6.45, 7) is 4.64. The zero-order valence-electron chi connectivity index (χ0n) is 16.7. The summed E-state index contributed by atoms with van der Waals surface area (Å²) in [5.74, 6) is -0.641. The van der Waals surface area contributed by atoms with Gasteiger partial charge in [-0.25, -0.2) is 0 Å². The van der Waals surface area contributed by atoms with Crippen LogP contribution in [0.2, 0.25) is 0 Å². The average Bonchev–Trinajstić information content (AvgIpc) is 2.68. The number of piperazine rings is 1. The van der Waals surface area contributed by atoms with Crippen molar-refractivity contribution in [3.8, 4) is 0 Å². The van der Waals surface area contributed by atoms with Gasteiger partial charge in [-0.15, -0.1) is 12.4 Å². The summed E-state index contributed by atoms with van der Waals surface area (Å²) >= 11 is 0. The molecule has 2 unspecified atom stereocenters. The molecule has 9 heteroatoms. The Labute approximate surface area is 177 Å². The number of carbonyl (C=O) groups is 2. The van der Waals surface area contributed by atoms with E-state index in [-0.39, 0.29) is 42.8 Å². The SMILES string of the molecule is CCC1CC(N2CCN(c3ccc(C(=N)N)cc3)CC2=O)CCN1CC(=O)O.Cl. The molecule has 1 amide bonds. The molecule has 1 aromatic carbocycles. The molecule has 2 heterocycles. The third-order valence-electron chi connectivity index (χ3n) is 5.86. The number of hydrogen-bond acceptors (Lipinski definition) is 5. The number of carboxylic acid groups (broad SMARTS) is 1. The predicted octanol–water partition coefficient (Wildman–Crippen LogP) is 1.37. The van der Waals surface area contributed by atoms with Gasteiger partial charge in [0.25, 0.3) is 0 Å². The monoisotopic (exact) mass is 423 g/mol. The van der Waals surface area contributed by atoms with Crippen LogP contribution in [-0.2, 0) is 9.59 Å². The highest BCUT2D eigenvalue weighted by atomic mass is 35.5. The second-order valence-electron chi connectivity index (χ2n) is 7.57. The maximum absolute atomic E-state index is 12.8. The average molecular weight is 424 g/mol. The van der Waals surface area contributed by atoms with Gasteiger partial charge in [0.15, 0.2) is 0 Å². The van der Waals surface area contributed by atoms with Crippen molar-refractivity contribution < 1.29 is 14.7 Å². The summed E-state index contributed by atoms with van der Waals surface area (Å²) in [4.78, 5) is 30.0. The van der Waals surface area contributed by atoms with Crippen LogP contribution in [0.25, 0.3) is 0 Å². The molecule has 0 saturated carbocycles. The summed E-state index contributed by atoms with van der Waals surface area (Å²) < 4.78 is 0. The van der Waals surface area contributed by atoms with Crippen LogP contribution in [0.5, 0.6) is 0 Å². The van der Waals surface area contributed by atoms with E-state index in [2.05, 4.69) is 11.8 Å². The third kappa shape index (κ3) is 5.39. The molecule has 0 radical (unpaired) electrons. The number of nitrogens with two attached hydrogens (primary N) is 1. The molecule has 2 aliphatic heterocycles. The van der Waals surface area contributed by atoms with Crippen LogP contribution in [0, 0.1) is 5.41 Å². The fraction of sp³-hybridized carbons (Fsp3) is 0.550. The van der Waals surface area contributed by atoms with Crippen molar-refractivity contribution in [2.24, 2.45) is 5.73 Å². The van der Waals surface area contributed by atoms with Gasteiger partial charge in [-0.2, -0.15) is 0 Å². The molecule has 3 rings (SSSR count). The lowest BCUT2D eigenvalue weighted by molar-refractivity contribution is -0.141. The van der Waals surface area contributed by atoms with E-state index in [1.54, 1.807) is 12.1 Å². The minimum Gasteiger partial charge on any atom is -0.480 e. The number of amides is 1. The van der Waals surface area contributed by atoms with Gasteiger partial charge < -0.3 is 20.6 Å². The lowest BCUT2D eigenvalue weighted by Crippen LogP contribution is -2.58. The minimum atomic E-state index is -0.794. The molecule has 0 aliphatic carbocycles. The van der Waals surface area contributed by atoms with E-state index in [1.807, 2.05) is 21.9 Å². The first-order valence-corrected chi connectivity index (χ1v) is 9.83. The topological polar surface area (TPSA) is 114 Å². The Morgan fingerprint density at radius 1 is 1.24 bits per heavy atom. The quantitative estimate of drug-likeness (QED) is 0.470. The zero-order chi connectivity index (χ0) is 20.3. The van der Waals surface area contributed by atoms with Crippen LogP contribution >= 0.6 is 12.4 Å². The number of nitrogens with one attached hydrogen (secondary N) is 1. The molecular formula is C20H30ClN5O3. The van der Waals surface area contributed by atoms with Gasteiger partial charge in [-0.1, -0.05) is 6.92 Å². The van der Waals surface area contributed by atoms with E-state index >= 15 is 0 Å². The Kier molecular flexibility index (Phi) is 7.87. The molecule has 1 aromatic rings. The molecule has 2 atom stereocenters. The van der Waals surface area contributed by atoms with Crippen molar-refractivity contribution in [1.82, 2.24) is 9.80 Å². The molecule has 2 fully saturated rings. The standard InChI is InChI=1S/C20H29N5O3.ClH/c1-2-15-11-17(7-8-23(15)13-19(27)28)25-10-9-24(12-18(25)26)16-5-3-14(4-6-16)20(21)22;/h3-6,15,17H,2,7-13H2,1H3,(H3,21,22)(H,27,28);1H. The summed E-state index contributed by atoms with van der Waals surface area (Å²) in [6.07, 6.45) is 2.55. The number of halogens is 1. The fourth-order valence-corrected chi connectivity index (χ4v) is 4.31. The first-order valence-electron chi connectivity index (χ1n) is 9.83. The maximum Gasteiger partial charge on any atom is 0.317 e. The maximum atomic E-state index is 12.8. The first-order chi connectivity index (χ1) is 13.4. The number of nitrogens with zero attached hydrogens (tertiary/aromatic N) is 3. The summed E-state index contributed by atoms with van der Waals surface area (Å²) in [6, 6.07) is 7.80. The van der Waals surface area contributed by atoms with E-state index in [0.717, 1.165) is 38.0 Å². The number of carboxylic acids is 1. The van der Waals surface area contributed by atoms with Gasteiger partial charge >= 0.3 is 5.97 Å². The number of amidine groups is 1. The van der Waals surface area contributed by atoms with Gasteiger partial charge in [-0.3, -0.25) is 19.9 Å². The summed E-state index contributed by atoms with van der Waals surface area (Å²) in [7, 11) is 0. The number of aliphatic carboxylic acids is 1. The second-order valence-corrected chi connectivity index (χ2v) is 7.57. The summed E-state index contributed by atoms with van der Waals surface area (Å²) in [5.41, 5.74) is 7.13. The van der Waals surface area contributed by atoms with E-state index in [0.29, 0.717) is 18.7 Å². The molecule has 2 aliphatic rings. The van der Waals surface area contributed by atoms with E-state index in [4.69, 9.17) is 16.2 Å². The van der Waals surface area contributed by atoms with Crippen molar-refractivity contribution >= 4 is 35.8 Å². The van der Waals surface area contributed by atoms with Crippen molar-refractivity contribution in [2.75, 3.05) is 37.6 Å². The molecule has 2 saturated heterocycles. The van der Waals surface area contributed by atoms with Crippen LogP contribution in [-0.4, -0.2) is 77.4 Å². The van der Waals surface area contributed by atoms with E-state index < -0.39 is 5.97 Å². The minimum absolute atomic E-state index is 0. The number of likely N-dealkylation sites (tertiary alicyclic amines) is 1. The van der Waals surface area contributed by atoms with Gasteiger partial charge in [0, 0.05) is 43.0 Å². The highest BCUT2D eigenvalue weighted by molar-refractivity contribution is 5.95. The number of carbonyl (C=O) groups excluding carboxylic acids is 1. The van der Waals surface area contributed by atoms with Crippen LogP contribution < -0.4 is 10.6 Å². The second kappa shape index (κ2) is 9.93. The molecule has 0 bridgehead atoms. The number of piperidine rings is 1. The largest absolute Gasteiger partial charge is 0.480 e. The normalized spacial score (nSPS) is 22.9. The van der Waals surface area contributed by atoms with E-state index in [9.17, 15) is 9.59 Å². The predicted molar refractivity (Wildman–Crippen MR) is 115 cm³/mol. The van der Waals surface area contributed by atoms with Gasteiger partial charge in [0.05, 0.1) is 13.1 Å². The summed E-state index contributed by atoms with van der Waals surface area (Å²) in [5, 5.41) is 16.6. The number of rotatable bonds is 6. The molecular weight excluding hydrogens is 394 g/mol. The number of nitrogen functional groups attached to an aromatic ring is 1. The van der Waals surface area contributed by atoms with E-state index in [1.165, 1.54) is 0 Å². The Bertz CT molecular complexity index is 742.